The molecular formula is C13H19NO2S. The molecule has 2 rings (SSSR count). The van der Waals surface area contributed by atoms with Gasteiger partial charge in [-0.15, -0.1) is 11.8 Å². The summed E-state index contributed by atoms with van der Waals surface area (Å²) in [6.07, 6.45) is 0. The standard InChI is InChI=1S/C13H19NO2S/c15-10-12-11-16-8-6-14(12)7-9-17-13-4-2-1-3-5-13/h1-5,12,15H,6-11H2. The molecule has 0 saturated carbocycles. The van der Waals surface area contributed by atoms with Crippen molar-refractivity contribution in [2.24, 2.45) is 0 Å². The van der Waals surface area contributed by atoms with E-state index in [1.807, 2.05) is 17.8 Å². The van der Waals surface area contributed by atoms with Gasteiger partial charge in [0, 0.05) is 23.7 Å². The third-order valence-corrected chi connectivity index (χ3v) is 3.94. The largest absolute Gasteiger partial charge is 0.395 e. The molecular weight excluding hydrogens is 234 g/mol. The SMILES string of the molecule is OCC1COCCN1CCSc1ccccc1. The Labute approximate surface area is 107 Å². The van der Waals surface area contributed by atoms with Crippen LogP contribution < -0.4 is 0 Å². The highest BCUT2D eigenvalue weighted by molar-refractivity contribution is 7.99. The minimum Gasteiger partial charge on any atom is -0.395 e. The van der Waals surface area contributed by atoms with Crippen LogP contribution in [0.1, 0.15) is 0 Å². The van der Waals surface area contributed by atoms with Crippen molar-refractivity contribution in [3.05, 3.63) is 30.3 Å². The van der Waals surface area contributed by atoms with E-state index >= 15 is 0 Å². The summed E-state index contributed by atoms with van der Waals surface area (Å²) < 4.78 is 5.36. The highest BCUT2D eigenvalue weighted by Gasteiger charge is 2.21. The molecule has 1 aliphatic rings. The molecule has 1 aliphatic heterocycles. The zero-order valence-corrected chi connectivity index (χ0v) is 10.7. The predicted molar refractivity (Wildman–Crippen MR) is 70.4 cm³/mol. The van der Waals surface area contributed by atoms with E-state index in [0.29, 0.717) is 6.61 Å². The van der Waals surface area contributed by atoms with Gasteiger partial charge in [-0.1, -0.05) is 18.2 Å². The van der Waals surface area contributed by atoms with Gasteiger partial charge in [-0.3, -0.25) is 4.90 Å². The smallest absolute Gasteiger partial charge is 0.0644 e. The van der Waals surface area contributed by atoms with E-state index in [2.05, 4.69) is 29.2 Å². The molecule has 0 aliphatic carbocycles. The minimum absolute atomic E-state index is 0.181. The van der Waals surface area contributed by atoms with Crippen molar-refractivity contribution in [3.8, 4) is 0 Å². The van der Waals surface area contributed by atoms with Gasteiger partial charge in [0.2, 0.25) is 0 Å². The second kappa shape index (κ2) is 7.01. The normalized spacial score (nSPS) is 21.6. The molecule has 1 aromatic carbocycles. The van der Waals surface area contributed by atoms with Crippen LogP contribution in [0.4, 0.5) is 0 Å². The summed E-state index contributed by atoms with van der Waals surface area (Å²) in [6.45, 7) is 3.57. The Morgan fingerprint density at radius 1 is 1.35 bits per heavy atom. The number of rotatable bonds is 5. The first-order valence-corrected chi connectivity index (χ1v) is 6.99. The number of thioether (sulfide) groups is 1. The van der Waals surface area contributed by atoms with Crippen molar-refractivity contribution >= 4 is 11.8 Å². The fourth-order valence-electron chi connectivity index (χ4n) is 1.95. The van der Waals surface area contributed by atoms with Gasteiger partial charge in [0.1, 0.15) is 0 Å². The number of hydrogen-bond donors (Lipinski definition) is 1. The Morgan fingerprint density at radius 3 is 2.94 bits per heavy atom. The zero-order valence-electron chi connectivity index (χ0n) is 9.92. The van der Waals surface area contributed by atoms with E-state index in [1.54, 1.807) is 0 Å². The third-order valence-electron chi connectivity index (χ3n) is 2.95. The topological polar surface area (TPSA) is 32.7 Å². The van der Waals surface area contributed by atoms with Crippen molar-refractivity contribution in [2.75, 3.05) is 38.7 Å². The summed E-state index contributed by atoms with van der Waals surface area (Å²) in [7, 11) is 0. The quantitative estimate of drug-likeness (QED) is 0.806. The summed E-state index contributed by atoms with van der Waals surface area (Å²) in [5, 5.41) is 9.25. The van der Waals surface area contributed by atoms with Gasteiger partial charge in [-0.2, -0.15) is 0 Å². The zero-order chi connectivity index (χ0) is 11.9. The molecule has 1 saturated heterocycles. The molecule has 1 N–H and O–H groups in total. The first kappa shape index (κ1) is 12.9. The van der Waals surface area contributed by atoms with Gasteiger partial charge < -0.3 is 9.84 Å². The molecule has 94 valence electrons. The molecule has 0 aromatic heterocycles. The van der Waals surface area contributed by atoms with E-state index in [4.69, 9.17) is 4.74 Å². The highest BCUT2D eigenvalue weighted by atomic mass is 32.2. The molecule has 17 heavy (non-hydrogen) atoms. The number of nitrogens with zero attached hydrogens (tertiary/aromatic N) is 1. The van der Waals surface area contributed by atoms with Crippen molar-refractivity contribution < 1.29 is 9.84 Å². The number of ether oxygens (including phenoxy) is 1. The third kappa shape index (κ3) is 4.00. The van der Waals surface area contributed by atoms with Crippen LogP contribution in [0.5, 0.6) is 0 Å². The number of aliphatic hydroxyl groups is 1. The Morgan fingerprint density at radius 2 is 2.18 bits per heavy atom. The van der Waals surface area contributed by atoms with Crippen LogP contribution >= 0.6 is 11.8 Å². The molecule has 1 unspecified atom stereocenters. The molecule has 1 fully saturated rings. The Hall–Kier alpha value is -0.550. The number of morpholine rings is 1. The summed E-state index contributed by atoms with van der Waals surface area (Å²) in [5.74, 6) is 1.06. The molecule has 3 nitrogen and oxygen atoms in total. The average molecular weight is 253 g/mol. The molecule has 1 atom stereocenters. The van der Waals surface area contributed by atoms with E-state index in [9.17, 15) is 5.11 Å². The average Bonchev–Trinajstić information content (AvgIpc) is 2.40. The molecule has 0 spiro atoms. The molecule has 0 amide bonds. The summed E-state index contributed by atoms with van der Waals surface area (Å²) >= 11 is 1.86. The molecule has 0 radical (unpaired) electrons. The van der Waals surface area contributed by atoms with Gasteiger partial charge >= 0.3 is 0 Å². The fraction of sp³-hybridized carbons (Fsp3) is 0.538. The lowest BCUT2D eigenvalue weighted by Crippen LogP contribution is -2.48. The maximum atomic E-state index is 9.25. The predicted octanol–water partition coefficient (Wildman–Crippen LogP) is 1.47. The van der Waals surface area contributed by atoms with Crippen LogP contribution in [-0.2, 0) is 4.74 Å². The number of aliphatic hydroxyl groups excluding tert-OH is 1. The van der Waals surface area contributed by atoms with Crippen molar-refractivity contribution in [1.29, 1.82) is 0 Å². The van der Waals surface area contributed by atoms with Crippen molar-refractivity contribution in [1.82, 2.24) is 4.90 Å². The van der Waals surface area contributed by atoms with E-state index in [-0.39, 0.29) is 12.6 Å². The van der Waals surface area contributed by atoms with Crippen LogP contribution in [0, 0.1) is 0 Å². The Bertz CT molecular complexity index is 320. The minimum atomic E-state index is 0.181. The number of benzene rings is 1. The van der Waals surface area contributed by atoms with Gasteiger partial charge in [-0.25, -0.2) is 0 Å². The maximum absolute atomic E-state index is 9.25. The Kier molecular flexibility index (Phi) is 5.32. The Balaban J connectivity index is 1.74. The van der Waals surface area contributed by atoms with Crippen LogP contribution in [0.2, 0.25) is 0 Å². The second-order valence-electron chi connectivity index (χ2n) is 4.11. The molecule has 4 heteroatoms. The summed E-state index contributed by atoms with van der Waals surface area (Å²) in [4.78, 5) is 3.63. The van der Waals surface area contributed by atoms with E-state index in [0.717, 1.165) is 25.4 Å². The number of hydrogen-bond acceptors (Lipinski definition) is 4. The van der Waals surface area contributed by atoms with E-state index < -0.39 is 0 Å². The first-order chi connectivity index (χ1) is 8.40. The van der Waals surface area contributed by atoms with Crippen LogP contribution in [0.25, 0.3) is 0 Å². The lowest BCUT2D eigenvalue weighted by Gasteiger charge is -2.34. The van der Waals surface area contributed by atoms with Gasteiger partial charge in [0.05, 0.1) is 25.9 Å². The molecule has 0 bridgehead atoms. The highest BCUT2D eigenvalue weighted by Crippen LogP contribution is 2.17. The maximum Gasteiger partial charge on any atom is 0.0644 e. The molecule has 1 aromatic rings. The first-order valence-electron chi connectivity index (χ1n) is 6.00. The molecule has 1 heterocycles. The summed E-state index contributed by atoms with van der Waals surface area (Å²) in [5.41, 5.74) is 0. The fourth-order valence-corrected chi connectivity index (χ4v) is 2.86. The lowest BCUT2D eigenvalue weighted by atomic mass is 10.2. The van der Waals surface area contributed by atoms with Crippen molar-refractivity contribution in [3.63, 3.8) is 0 Å². The van der Waals surface area contributed by atoms with Crippen LogP contribution in [0.3, 0.4) is 0 Å². The lowest BCUT2D eigenvalue weighted by molar-refractivity contribution is -0.0243. The monoisotopic (exact) mass is 253 g/mol. The van der Waals surface area contributed by atoms with E-state index in [1.165, 1.54) is 4.90 Å². The van der Waals surface area contributed by atoms with Crippen LogP contribution in [0.15, 0.2) is 35.2 Å². The van der Waals surface area contributed by atoms with Gasteiger partial charge in [0.15, 0.2) is 0 Å². The van der Waals surface area contributed by atoms with Crippen molar-refractivity contribution in [2.45, 2.75) is 10.9 Å². The van der Waals surface area contributed by atoms with Gasteiger partial charge in [0.25, 0.3) is 0 Å². The van der Waals surface area contributed by atoms with Crippen LogP contribution in [-0.4, -0.2) is 54.7 Å². The van der Waals surface area contributed by atoms with Gasteiger partial charge in [-0.05, 0) is 12.1 Å². The second-order valence-corrected chi connectivity index (χ2v) is 5.28. The summed E-state index contributed by atoms with van der Waals surface area (Å²) in [6, 6.07) is 10.6.